The number of halogens is 1. The fourth-order valence-corrected chi connectivity index (χ4v) is 1.58. The van der Waals surface area contributed by atoms with Gasteiger partial charge in [0.25, 0.3) is 0 Å². The van der Waals surface area contributed by atoms with Crippen LogP contribution in [-0.2, 0) is 0 Å². The number of aromatic nitrogens is 3. The highest BCUT2D eigenvalue weighted by Gasteiger charge is 2.15. The molecule has 2 aromatic heterocycles. The van der Waals surface area contributed by atoms with E-state index in [1.54, 1.807) is 18.3 Å². The summed E-state index contributed by atoms with van der Waals surface area (Å²) in [6.45, 7) is 0. The van der Waals surface area contributed by atoms with Crippen molar-refractivity contribution in [3.63, 3.8) is 0 Å². The van der Waals surface area contributed by atoms with Crippen molar-refractivity contribution in [2.75, 3.05) is 7.11 Å². The van der Waals surface area contributed by atoms with Crippen LogP contribution in [0.15, 0.2) is 24.7 Å². The van der Waals surface area contributed by atoms with Crippen LogP contribution in [-0.4, -0.2) is 28.3 Å². The number of carbonyl (C=O) groups excluding carboxylic acids is 1. The van der Waals surface area contributed by atoms with Gasteiger partial charge in [0.1, 0.15) is 28.6 Å². The quantitative estimate of drug-likeness (QED) is 0.615. The molecule has 0 aliphatic rings. The third-order valence-corrected chi connectivity index (χ3v) is 2.47. The van der Waals surface area contributed by atoms with E-state index in [2.05, 4.69) is 15.0 Å². The maximum atomic E-state index is 11.0. The molecular weight excluding hydrogens is 242 g/mol. The Morgan fingerprint density at radius 3 is 2.82 bits per heavy atom. The topological polar surface area (TPSA) is 65.0 Å². The minimum atomic E-state index is 0.0951. The molecule has 0 unspecified atom stereocenters. The van der Waals surface area contributed by atoms with E-state index in [-0.39, 0.29) is 10.7 Å². The molecular formula is C11H8ClN3O2. The molecule has 0 aromatic carbocycles. The molecule has 0 saturated carbocycles. The van der Waals surface area contributed by atoms with E-state index in [1.165, 1.54) is 13.4 Å². The molecule has 0 aliphatic carbocycles. The van der Waals surface area contributed by atoms with E-state index >= 15 is 0 Å². The molecule has 86 valence electrons. The molecule has 0 saturated heterocycles. The second-order valence-corrected chi connectivity index (χ2v) is 3.46. The molecule has 0 aliphatic heterocycles. The first kappa shape index (κ1) is 11.5. The van der Waals surface area contributed by atoms with Crippen molar-refractivity contribution in [1.82, 2.24) is 15.0 Å². The summed E-state index contributed by atoms with van der Waals surface area (Å²) < 4.78 is 5.16. The second-order valence-electron chi connectivity index (χ2n) is 3.10. The lowest BCUT2D eigenvalue weighted by Crippen LogP contribution is -1.99. The average molecular weight is 250 g/mol. The van der Waals surface area contributed by atoms with Gasteiger partial charge in [-0.25, -0.2) is 9.97 Å². The number of pyridine rings is 1. The second kappa shape index (κ2) is 4.88. The highest BCUT2D eigenvalue weighted by atomic mass is 35.5. The molecule has 5 nitrogen and oxygen atoms in total. The SMILES string of the molecule is COc1cccnc1-c1ncnc(Cl)c1C=O. The maximum absolute atomic E-state index is 11.0. The van der Waals surface area contributed by atoms with Gasteiger partial charge in [-0.15, -0.1) is 0 Å². The first-order chi connectivity index (χ1) is 8.27. The van der Waals surface area contributed by atoms with Gasteiger partial charge in [0.15, 0.2) is 6.29 Å². The van der Waals surface area contributed by atoms with E-state index in [1.807, 2.05) is 0 Å². The lowest BCUT2D eigenvalue weighted by molar-refractivity contribution is 0.112. The van der Waals surface area contributed by atoms with Crippen LogP contribution in [0.25, 0.3) is 11.4 Å². The number of methoxy groups -OCH3 is 1. The largest absolute Gasteiger partial charge is 0.494 e. The molecule has 2 heterocycles. The van der Waals surface area contributed by atoms with Crippen molar-refractivity contribution >= 4 is 17.9 Å². The van der Waals surface area contributed by atoms with Crippen molar-refractivity contribution in [2.45, 2.75) is 0 Å². The van der Waals surface area contributed by atoms with Gasteiger partial charge >= 0.3 is 0 Å². The molecule has 2 rings (SSSR count). The Balaban J connectivity index is 2.68. The smallest absolute Gasteiger partial charge is 0.155 e. The van der Waals surface area contributed by atoms with Crippen LogP contribution >= 0.6 is 11.6 Å². The Kier molecular flexibility index (Phi) is 3.30. The van der Waals surface area contributed by atoms with Crippen LogP contribution < -0.4 is 4.74 Å². The predicted octanol–water partition coefficient (Wildman–Crippen LogP) is 2.01. The number of rotatable bonds is 3. The van der Waals surface area contributed by atoms with Gasteiger partial charge in [-0.05, 0) is 12.1 Å². The van der Waals surface area contributed by atoms with Crippen LogP contribution in [0.1, 0.15) is 10.4 Å². The van der Waals surface area contributed by atoms with Gasteiger partial charge in [-0.1, -0.05) is 11.6 Å². The number of ether oxygens (including phenoxy) is 1. The summed E-state index contributed by atoms with van der Waals surface area (Å²) >= 11 is 5.82. The van der Waals surface area contributed by atoms with Gasteiger partial charge in [-0.3, -0.25) is 9.78 Å². The summed E-state index contributed by atoms with van der Waals surface area (Å²) in [6, 6.07) is 3.46. The summed E-state index contributed by atoms with van der Waals surface area (Å²) in [4.78, 5) is 22.9. The summed E-state index contributed by atoms with van der Waals surface area (Å²) in [5.41, 5.74) is 1.02. The minimum Gasteiger partial charge on any atom is -0.494 e. The van der Waals surface area contributed by atoms with E-state index in [9.17, 15) is 4.79 Å². The normalized spacial score (nSPS) is 10.0. The molecule has 17 heavy (non-hydrogen) atoms. The van der Waals surface area contributed by atoms with Crippen molar-refractivity contribution in [3.8, 4) is 17.1 Å². The standard InChI is InChI=1S/C11H8ClN3O2/c1-17-8-3-2-4-13-10(8)9-7(5-16)11(12)15-6-14-9/h2-6H,1H3. The number of aldehydes is 1. The molecule has 0 N–H and O–H groups in total. The average Bonchev–Trinajstić information content (AvgIpc) is 2.38. The third-order valence-electron chi connectivity index (χ3n) is 2.17. The van der Waals surface area contributed by atoms with Crippen LogP contribution in [0.2, 0.25) is 5.15 Å². The van der Waals surface area contributed by atoms with Gasteiger partial charge in [0, 0.05) is 6.20 Å². The maximum Gasteiger partial charge on any atom is 0.155 e. The van der Waals surface area contributed by atoms with Crippen LogP contribution in [0.3, 0.4) is 0 Å². The summed E-state index contributed by atoms with van der Waals surface area (Å²) in [5, 5.41) is 0.0951. The minimum absolute atomic E-state index is 0.0951. The summed E-state index contributed by atoms with van der Waals surface area (Å²) in [6.07, 6.45) is 3.47. The summed E-state index contributed by atoms with van der Waals surface area (Å²) in [7, 11) is 1.52. The zero-order chi connectivity index (χ0) is 12.3. The van der Waals surface area contributed by atoms with Crippen molar-refractivity contribution < 1.29 is 9.53 Å². The molecule has 0 spiro atoms. The van der Waals surface area contributed by atoms with E-state index in [0.29, 0.717) is 23.4 Å². The van der Waals surface area contributed by atoms with Crippen molar-refractivity contribution in [2.24, 2.45) is 0 Å². The Labute approximate surface area is 102 Å². The van der Waals surface area contributed by atoms with Gasteiger partial charge in [0.05, 0.1) is 12.7 Å². The number of hydrogen-bond acceptors (Lipinski definition) is 5. The molecule has 0 radical (unpaired) electrons. The molecule has 6 heteroatoms. The molecule has 0 amide bonds. The fourth-order valence-electron chi connectivity index (χ4n) is 1.40. The third kappa shape index (κ3) is 2.09. The highest BCUT2D eigenvalue weighted by molar-refractivity contribution is 6.32. The Bertz CT molecular complexity index is 560. The van der Waals surface area contributed by atoms with E-state index in [0.717, 1.165) is 0 Å². The highest BCUT2D eigenvalue weighted by Crippen LogP contribution is 2.29. The monoisotopic (exact) mass is 249 g/mol. The van der Waals surface area contributed by atoms with Crippen molar-refractivity contribution in [3.05, 3.63) is 35.4 Å². The summed E-state index contributed by atoms with van der Waals surface area (Å²) in [5.74, 6) is 0.519. The zero-order valence-corrected chi connectivity index (χ0v) is 9.68. The Morgan fingerprint density at radius 1 is 1.29 bits per heavy atom. The molecule has 0 fully saturated rings. The first-order valence-electron chi connectivity index (χ1n) is 4.73. The van der Waals surface area contributed by atoms with Gasteiger partial charge in [-0.2, -0.15) is 0 Å². The first-order valence-corrected chi connectivity index (χ1v) is 5.10. The van der Waals surface area contributed by atoms with Crippen LogP contribution in [0.4, 0.5) is 0 Å². The Hall–Kier alpha value is -2.01. The van der Waals surface area contributed by atoms with Crippen LogP contribution in [0, 0.1) is 0 Å². The lowest BCUT2D eigenvalue weighted by Gasteiger charge is -2.08. The predicted molar refractivity (Wildman–Crippen MR) is 62.2 cm³/mol. The van der Waals surface area contributed by atoms with Gasteiger partial charge < -0.3 is 4.74 Å². The Morgan fingerprint density at radius 2 is 2.12 bits per heavy atom. The molecule has 0 bridgehead atoms. The van der Waals surface area contributed by atoms with Crippen molar-refractivity contribution in [1.29, 1.82) is 0 Å². The molecule has 0 atom stereocenters. The molecule has 2 aromatic rings. The fraction of sp³-hybridized carbons (Fsp3) is 0.0909. The number of nitrogens with zero attached hydrogens (tertiary/aromatic N) is 3. The number of hydrogen-bond donors (Lipinski definition) is 0. The van der Waals surface area contributed by atoms with E-state index < -0.39 is 0 Å². The van der Waals surface area contributed by atoms with Gasteiger partial charge in [0.2, 0.25) is 0 Å². The number of carbonyl (C=O) groups is 1. The lowest BCUT2D eigenvalue weighted by atomic mass is 10.1. The zero-order valence-electron chi connectivity index (χ0n) is 8.92. The van der Waals surface area contributed by atoms with E-state index in [4.69, 9.17) is 16.3 Å². The van der Waals surface area contributed by atoms with Crippen LogP contribution in [0.5, 0.6) is 5.75 Å².